The minimum absolute atomic E-state index is 0. The highest BCUT2D eigenvalue weighted by Gasteiger charge is 2.25. The molecule has 1 aliphatic heterocycles. The molecule has 0 bridgehead atoms. The summed E-state index contributed by atoms with van der Waals surface area (Å²) in [5, 5.41) is 3.33. The molecule has 1 aliphatic carbocycles. The number of carbonyl (C=O) groups excluding carboxylic acids is 1. The van der Waals surface area contributed by atoms with Crippen LogP contribution in [0.1, 0.15) is 44.9 Å². The molecule has 0 aromatic rings. The van der Waals surface area contributed by atoms with Gasteiger partial charge in [0.2, 0.25) is 5.91 Å². The fourth-order valence-electron chi connectivity index (χ4n) is 2.95. The van der Waals surface area contributed by atoms with Gasteiger partial charge < -0.3 is 10.2 Å². The van der Waals surface area contributed by atoms with Gasteiger partial charge in [-0.15, -0.1) is 12.4 Å². The van der Waals surface area contributed by atoms with Crippen molar-refractivity contribution in [1.29, 1.82) is 0 Å². The Balaban J connectivity index is 0.00000144. The van der Waals surface area contributed by atoms with Crippen LogP contribution in [0.3, 0.4) is 0 Å². The zero-order valence-electron chi connectivity index (χ0n) is 10.8. The third-order valence-corrected chi connectivity index (χ3v) is 4.14. The summed E-state index contributed by atoms with van der Waals surface area (Å²) in [4.78, 5) is 14.1. The maximum absolute atomic E-state index is 12.1. The first kappa shape index (κ1) is 14.8. The Morgan fingerprint density at radius 2 is 1.94 bits per heavy atom. The van der Waals surface area contributed by atoms with Gasteiger partial charge >= 0.3 is 0 Å². The topological polar surface area (TPSA) is 32.3 Å². The van der Waals surface area contributed by atoms with Gasteiger partial charge in [0.25, 0.3) is 0 Å². The lowest BCUT2D eigenvalue weighted by Gasteiger charge is -2.31. The van der Waals surface area contributed by atoms with Gasteiger partial charge in [-0.25, -0.2) is 0 Å². The number of nitrogens with zero attached hydrogens (tertiary/aromatic N) is 1. The minimum atomic E-state index is 0. The molecule has 17 heavy (non-hydrogen) atoms. The summed E-state index contributed by atoms with van der Waals surface area (Å²) in [5.41, 5.74) is 0. The van der Waals surface area contributed by atoms with Gasteiger partial charge in [0.05, 0.1) is 0 Å². The molecule has 100 valence electrons. The first-order chi connectivity index (χ1) is 7.77. The molecule has 1 atom stereocenters. The van der Waals surface area contributed by atoms with Crippen LogP contribution in [0.4, 0.5) is 0 Å². The van der Waals surface area contributed by atoms with Crippen molar-refractivity contribution in [3.05, 3.63) is 0 Å². The van der Waals surface area contributed by atoms with Crippen molar-refractivity contribution >= 4 is 18.3 Å². The van der Waals surface area contributed by atoms with Crippen LogP contribution in [0.15, 0.2) is 0 Å². The molecule has 2 aliphatic rings. The predicted molar refractivity (Wildman–Crippen MR) is 72.5 cm³/mol. The van der Waals surface area contributed by atoms with E-state index >= 15 is 0 Å². The Kier molecular flexibility index (Phi) is 6.28. The zero-order chi connectivity index (χ0) is 11.4. The molecule has 1 unspecified atom stereocenters. The maximum atomic E-state index is 12.1. The van der Waals surface area contributed by atoms with Gasteiger partial charge in [0, 0.05) is 19.5 Å². The molecule has 2 fully saturated rings. The fourth-order valence-corrected chi connectivity index (χ4v) is 2.95. The predicted octanol–water partition coefficient (Wildman–Crippen LogP) is 2.20. The number of amides is 1. The van der Waals surface area contributed by atoms with Crippen LogP contribution in [0, 0.1) is 5.92 Å². The van der Waals surface area contributed by atoms with Crippen LogP contribution in [-0.2, 0) is 4.79 Å². The molecule has 3 nitrogen and oxygen atoms in total. The first-order valence-corrected chi connectivity index (χ1v) is 6.74. The lowest BCUT2D eigenvalue weighted by molar-refractivity contribution is -0.133. The molecular weight excluding hydrogens is 236 g/mol. The third kappa shape index (κ3) is 4.14. The summed E-state index contributed by atoms with van der Waals surface area (Å²) >= 11 is 0. The second-order valence-electron chi connectivity index (χ2n) is 5.36. The molecule has 1 N–H and O–H groups in total. The highest BCUT2D eigenvalue weighted by molar-refractivity contribution is 5.85. The average molecular weight is 261 g/mol. The number of halogens is 1. The molecule has 4 heteroatoms. The van der Waals surface area contributed by atoms with Crippen LogP contribution in [0.2, 0.25) is 0 Å². The van der Waals surface area contributed by atoms with Crippen molar-refractivity contribution in [1.82, 2.24) is 10.2 Å². The van der Waals surface area contributed by atoms with Gasteiger partial charge in [0.1, 0.15) is 0 Å². The number of rotatable bonds is 3. The fraction of sp³-hybridized carbons (Fsp3) is 0.923. The Morgan fingerprint density at radius 1 is 1.24 bits per heavy atom. The smallest absolute Gasteiger partial charge is 0.222 e. The number of carbonyl (C=O) groups is 1. The molecule has 0 aromatic heterocycles. The van der Waals surface area contributed by atoms with E-state index in [2.05, 4.69) is 5.32 Å². The third-order valence-electron chi connectivity index (χ3n) is 4.14. The lowest BCUT2D eigenvalue weighted by Crippen LogP contribution is -2.39. The summed E-state index contributed by atoms with van der Waals surface area (Å²) in [6, 6.07) is 0.524. The van der Waals surface area contributed by atoms with E-state index in [0.29, 0.717) is 17.9 Å². The highest BCUT2D eigenvalue weighted by atomic mass is 35.5. The van der Waals surface area contributed by atoms with E-state index in [1.165, 1.54) is 38.5 Å². The SMILES string of the molecule is CN(C(=O)CC1CCNC1)C1CCCCC1.Cl. The van der Waals surface area contributed by atoms with Crippen molar-refractivity contribution in [3.63, 3.8) is 0 Å². The van der Waals surface area contributed by atoms with Gasteiger partial charge in [0.15, 0.2) is 0 Å². The van der Waals surface area contributed by atoms with E-state index in [1.807, 2.05) is 11.9 Å². The zero-order valence-corrected chi connectivity index (χ0v) is 11.6. The molecule has 0 aromatic carbocycles. The average Bonchev–Trinajstić information content (AvgIpc) is 2.82. The van der Waals surface area contributed by atoms with Gasteiger partial charge in [-0.1, -0.05) is 19.3 Å². The van der Waals surface area contributed by atoms with E-state index in [1.54, 1.807) is 0 Å². The second kappa shape index (κ2) is 7.22. The summed E-state index contributed by atoms with van der Waals surface area (Å²) in [6.07, 6.45) is 8.30. The summed E-state index contributed by atoms with van der Waals surface area (Å²) in [7, 11) is 2.00. The minimum Gasteiger partial charge on any atom is -0.343 e. The van der Waals surface area contributed by atoms with Crippen molar-refractivity contribution in [2.45, 2.75) is 51.0 Å². The summed E-state index contributed by atoms with van der Waals surface area (Å²) < 4.78 is 0. The van der Waals surface area contributed by atoms with Crippen LogP contribution in [-0.4, -0.2) is 37.0 Å². The lowest BCUT2D eigenvalue weighted by atomic mass is 9.93. The number of hydrogen-bond donors (Lipinski definition) is 1. The van der Waals surface area contributed by atoms with Gasteiger partial charge in [-0.05, 0) is 38.3 Å². The van der Waals surface area contributed by atoms with Crippen LogP contribution in [0.5, 0.6) is 0 Å². The Bertz CT molecular complexity index is 236. The van der Waals surface area contributed by atoms with Gasteiger partial charge in [-0.3, -0.25) is 4.79 Å². The largest absolute Gasteiger partial charge is 0.343 e. The first-order valence-electron chi connectivity index (χ1n) is 6.74. The molecular formula is C13H25ClN2O. The highest BCUT2D eigenvalue weighted by Crippen LogP contribution is 2.23. The monoisotopic (exact) mass is 260 g/mol. The van der Waals surface area contributed by atoms with Crippen molar-refractivity contribution in [3.8, 4) is 0 Å². The van der Waals surface area contributed by atoms with Crippen molar-refractivity contribution in [2.24, 2.45) is 5.92 Å². The Labute approximate surface area is 111 Å². The quantitative estimate of drug-likeness (QED) is 0.844. The molecule has 1 heterocycles. The molecule has 1 saturated heterocycles. The van der Waals surface area contributed by atoms with E-state index in [-0.39, 0.29) is 12.4 Å². The maximum Gasteiger partial charge on any atom is 0.222 e. The number of nitrogens with one attached hydrogen (secondary N) is 1. The number of hydrogen-bond acceptors (Lipinski definition) is 2. The summed E-state index contributed by atoms with van der Waals surface area (Å²) in [6.45, 7) is 2.12. The summed E-state index contributed by atoms with van der Waals surface area (Å²) in [5.74, 6) is 0.944. The Hall–Kier alpha value is -0.280. The normalized spacial score (nSPS) is 25.4. The standard InChI is InChI=1S/C13H24N2O.ClH/c1-15(12-5-3-2-4-6-12)13(16)9-11-7-8-14-10-11;/h11-12,14H,2-10H2,1H3;1H. The van der Waals surface area contributed by atoms with Gasteiger partial charge in [-0.2, -0.15) is 0 Å². The van der Waals surface area contributed by atoms with E-state index < -0.39 is 0 Å². The molecule has 2 rings (SSSR count). The molecule has 1 amide bonds. The van der Waals surface area contributed by atoms with Crippen LogP contribution < -0.4 is 5.32 Å². The molecule has 0 spiro atoms. The molecule has 1 saturated carbocycles. The van der Waals surface area contributed by atoms with Crippen molar-refractivity contribution < 1.29 is 4.79 Å². The second-order valence-corrected chi connectivity index (χ2v) is 5.36. The Morgan fingerprint density at radius 3 is 2.53 bits per heavy atom. The molecule has 0 radical (unpaired) electrons. The van der Waals surface area contributed by atoms with Crippen LogP contribution >= 0.6 is 12.4 Å². The van der Waals surface area contributed by atoms with E-state index in [4.69, 9.17) is 0 Å². The van der Waals surface area contributed by atoms with Crippen molar-refractivity contribution in [2.75, 3.05) is 20.1 Å². The van der Waals surface area contributed by atoms with E-state index in [9.17, 15) is 4.79 Å². The van der Waals surface area contributed by atoms with Crippen LogP contribution in [0.25, 0.3) is 0 Å². The van der Waals surface area contributed by atoms with E-state index in [0.717, 1.165) is 19.5 Å².